The van der Waals surface area contributed by atoms with E-state index in [0.29, 0.717) is 12.1 Å². The van der Waals surface area contributed by atoms with E-state index < -0.39 is 0 Å². The molecule has 2 fully saturated rings. The molecule has 2 aliphatic heterocycles. The Morgan fingerprint density at radius 1 is 0.966 bits per heavy atom. The monoisotopic (exact) mass is 407 g/mol. The van der Waals surface area contributed by atoms with E-state index in [9.17, 15) is 4.79 Å². The van der Waals surface area contributed by atoms with Crippen molar-refractivity contribution in [3.63, 3.8) is 0 Å². The molecule has 2 aromatic rings. The summed E-state index contributed by atoms with van der Waals surface area (Å²) < 4.78 is 0. The minimum absolute atomic E-state index is 0.0994. The molecular formula is C24H29N3OS. The summed E-state index contributed by atoms with van der Waals surface area (Å²) in [6, 6.07) is 19.4. The summed E-state index contributed by atoms with van der Waals surface area (Å²) in [7, 11) is 2.20. The van der Waals surface area contributed by atoms with Crippen LogP contribution in [0.4, 0.5) is 11.4 Å². The number of hydrogen-bond donors (Lipinski definition) is 0. The third kappa shape index (κ3) is 4.21. The first-order valence-electron chi connectivity index (χ1n) is 10.3. The molecule has 0 saturated carbocycles. The number of nitrogens with zero attached hydrogens (tertiary/aromatic N) is 3. The van der Waals surface area contributed by atoms with Crippen molar-refractivity contribution in [1.29, 1.82) is 0 Å². The normalized spacial score (nSPS) is 24.9. The van der Waals surface area contributed by atoms with Crippen molar-refractivity contribution in [2.75, 3.05) is 42.2 Å². The van der Waals surface area contributed by atoms with Crippen LogP contribution in [-0.4, -0.2) is 55.3 Å². The van der Waals surface area contributed by atoms with Crippen molar-refractivity contribution < 1.29 is 4.79 Å². The van der Waals surface area contributed by atoms with Crippen LogP contribution < -0.4 is 9.80 Å². The van der Waals surface area contributed by atoms with Gasteiger partial charge in [-0.3, -0.25) is 9.69 Å². The van der Waals surface area contributed by atoms with Gasteiger partial charge >= 0.3 is 0 Å². The van der Waals surface area contributed by atoms with Gasteiger partial charge in [-0.15, -0.1) is 11.8 Å². The fraction of sp³-hybridized carbons (Fsp3) is 0.375. The molecule has 4 rings (SSSR count). The van der Waals surface area contributed by atoms with E-state index in [-0.39, 0.29) is 5.91 Å². The zero-order valence-corrected chi connectivity index (χ0v) is 18.2. The van der Waals surface area contributed by atoms with Gasteiger partial charge in [0.2, 0.25) is 0 Å². The van der Waals surface area contributed by atoms with Crippen LogP contribution in [0.3, 0.4) is 0 Å². The van der Waals surface area contributed by atoms with Crippen molar-refractivity contribution in [3.05, 3.63) is 65.1 Å². The van der Waals surface area contributed by atoms with Gasteiger partial charge in [-0.25, -0.2) is 0 Å². The quantitative estimate of drug-likeness (QED) is 0.708. The molecule has 2 aromatic carbocycles. The van der Waals surface area contributed by atoms with Gasteiger partial charge in [-0.1, -0.05) is 36.4 Å². The zero-order valence-electron chi connectivity index (χ0n) is 17.4. The average molecular weight is 408 g/mol. The summed E-state index contributed by atoms with van der Waals surface area (Å²) in [5.74, 6) is 1.01. The number of anilines is 2. The summed E-state index contributed by atoms with van der Waals surface area (Å²) in [5, 5.41) is 0. The second-order valence-corrected chi connectivity index (χ2v) is 9.11. The number of likely N-dealkylation sites (N-methyl/N-ethyl adjacent to an activating group) is 1. The van der Waals surface area contributed by atoms with E-state index in [2.05, 4.69) is 61.0 Å². The molecule has 0 N–H and O–H groups in total. The maximum Gasteiger partial charge on any atom is 0.264 e. The molecule has 0 bridgehead atoms. The lowest BCUT2D eigenvalue weighted by Gasteiger charge is -2.44. The Kier molecular flexibility index (Phi) is 5.97. The number of carbonyl (C=O) groups is 1. The predicted molar refractivity (Wildman–Crippen MR) is 125 cm³/mol. The maximum atomic E-state index is 13.2. The molecule has 2 aliphatic rings. The molecule has 0 radical (unpaired) electrons. The molecular weight excluding hydrogens is 378 g/mol. The first-order chi connectivity index (χ1) is 14.0. The van der Waals surface area contributed by atoms with Crippen LogP contribution in [0.5, 0.6) is 0 Å². The largest absolute Gasteiger partial charge is 0.368 e. The van der Waals surface area contributed by atoms with Crippen molar-refractivity contribution >= 4 is 35.1 Å². The smallest absolute Gasteiger partial charge is 0.264 e. The van der Waals surface area contributed by atoms with Gasteiger partial charge in [-0.2, -0.15) is 0 Å². The van der Waals surface area contributed by atoms with Crippen molar-refractivity contribution in [2.24, 2.45) is 0 Å². The summed E-state index contributed by atoms with van der Waals surface area (Å²) in [6.07, 6.45) is 2.09. The Morgan fingerprint density at radius 2 is 1.62 bits per heavy atom. The third-order valence-corrected chi connectivity index (χ3v) is 7.01. The Bertz CT molecular complexity index is 886. The van der Waals surface area contributed by atoms with Crippen LogP contribution in [0.1, 0.15) is 19.4 Å². The van der Waals surface area contributed by atoms with E-state index in [4.69, 9.17) is 0 Å². The highest BCUT2D eigenvalue weighted by Crippen LogP contribution is 2.33. The highest BCUT2D eigenvalue weighted by molar-refractivity contribution is 8.04. The standard InChI is InChI=1S/C24H29N3OS/c1-18-16-26(17-19(2)25(18)3)22-12-8-7-9-20(22)15-23-24(28)27(13-14-29-23)21-10-5-4-6-11-21/h4-12,15,18-19H,13-14,16-17H2,1-3H3/b23-15-. The lowest BCUT2D eigenvalue weighted by molar-refractivity contribution is -0.114. The van der Waals surface area contributed by atoms with Gasteiger partial charge in [0.05, 0.1) is 4.91 Å². The molecule has 2 atom stereocenters. The predicted octanol–water partition coefficient (Wildman–Crippen LogP) is 4.34. The lowest BCUT2D eigenvalue weighted by atomic mass is 10.1. The number of thioether (sulfide) groups is 1. The zero-order chi connectivity index (χ0) is 20.4. The van der Waals surface area contributed by atoms with Crippen molar-refractivity contribution in [3.8, 4) is 0 Å². The van der Waals surface area contributed by atoms with Gasteiger partial charge in [0.15, 0.2) is 0 Å². The topological polar surface area (TPSA) is 26.8 Å². The molecule has 1 amide bonds. The van der Waals surface area contributed by atoms with Crippen LogP contribution in [0.25, 0.3) is 6.08 Å². The fourth-order valence-electron chi connectivity index (χ4n) is 4.14. The molecule has 29 heavy (non-hydrogen) atoms. The Morgan fingerprint density at radius 3 is 2.34 bits per heavy atom. The molecule has 4 nitrogen and oxygen atoms in total. The molecule has 0 aliphatic carbocycles. The summed E-state index contributed by atoms with van der Waals surface area (Å²) in [6.45, 7) is 7.31. The van der Waals surface area contributed by atoms with Crippen molar-refractivity contribution in [2.45, 2.75) is 25.9 Å². The van der Waals surface area contributed by atoms with Gasteiger partial charge < -0.3 is 9.80 Å². The molecule has 0 aromatic heterocycles. The molecule has 0 spiro atoms. The summed E-state index contributed by atoms with van der Waals surface area (Å²) in [4.78, 5) is 20.8. The van der Waals surface area contributed by atoms with Crippen LogP contribution in [-0.2, 0) is 4.79 Å². The van der Waals surface area contributed by atoms with E-state index in [0.717, 1.165) is 41.5 Å². The Labute approximate surface area is 178 Å². The van der Waals surface area contributed by atoms with Gasteiger partial charge in [0.25, 0.3) is 5.91 Å². The number of hydrogen-bond acceptors (Lipinski definition) is 4. The molecule has 2 heterocycles. The molecule has 152 valence electrons. The van der Waals surface area contributed by atoms with Gasteiger partial charge in [0.1, 0.15) is 0 Å². The second kappa shape index (κ2) is 8.64. The minimum atomic E-state index is 0.0994. The highest BCUT2D eigenvalue weighted by atomic mass is 32.2. The molecule has 5 heteroatoms. The summed E-state index contributed by atoms with van der Waals surface area (Å²) >= 11 is 1.66. The van der Waals surface area contributed by atoms with Crippen LogP contribution >= 0.6 is 11.8 Å². The Hall–Kier alpha value is -2.24. The van der Waals surface area contributed by atoms with E-state index in [1.54, 1.807) is 11.8 Å². The lowest BCUT2D eigenvalue weighted by Crippen LogP contribution is -2.55. The number of rotatable bonds is 3. The minimum Gasteiger partial charge on any atom is -0.368 e. The van der Waals surface area contributed by atoms with E-state index in [1.165, 1.54) is 5.69 Å². The average Bonchev–Trinajstić information content (AvgIpc) is 2.74. The first-order valence-corrected chi connectivity index (χ1v) is 11.3. The van der Waals surface area contributed by atoms with Crippen molar-refractivity contribution in [1.82, 2.24) is 4.90 Å². The number of para-hydroxylation sites is 2. The third-order valence-electron chi connectivity index (χ3n) is 6.02. The molecule has 2 saturated heterocycles. The van der Waals surface area contributed by atoms with E-state index in [1.807, 2.05) is 35.2 Å². The van der Waals surface area contributed by atoms with Crippen LogP contribution in [0.15, 0.2) is 59.5 Å². The maximum absolute atomic E-state index is 13.2. The SMILES string of the molecule is CC1CN(c2ccccc2/C=C2\SCCN(c3ccccc3)C2=O)CC(C)N1C. The molecule has 2 unspecified atom stereocenters. The van der Waals surface area contributed by atoms with Crippen LogP contribution in [0, 0.1) is 0 Å². The number of piperazine rings is 1. The number of amides is 1. The van der Waals surface area contributed by atoms with Gasteiger partial charge in [-0.05, 0) is 50.7 Å². The fourth-order valence-corrected chi connectivity index (χ4v) is 5.08. The van der Waals surface area contributed by atoms with Crippen LogP contribution in [0.2, 0.25) is 0 Å². The Balaban J connectivity index is 1.62. The number of benzene rings is 2. The first kappa shape index (κ1) is 20.0. The second-order valence-electron chi connectivity index (χ2n) is 7.98. The summed E-state index contributed by atoms with van der Waals surface area (Å²) in [5.41, 5.74) is 3.32. The van der Waals surface area contributed by atoms with E-state index >= 15 is 0 Å². The van der Waals surface area contributed by atoms with Gasteiger partial charge in [0, 0.05) is 48.8 Å². The number of carbonyl (C=O) groups excluding carboxylic acids is 1. The highest BCUT2D eigenvalue weighted by Gasteiger charge is 2.28.